The Morgan fingerprint density at radius 2 is 0.686 bits per heavy atom. The summed E-state index contributed by atoms with van der Waals surface area (Å²) >= 11 is 5.62. The van der Waals surface area contributed by atoms with Crippen molar-refractivity contribution in [2.24, 2.45) is 41.4 Å². The maximum atomic E-state index is 12.8. The van der Waals surface area contributed by atoms with E-state index in [1.165, 1.54) is 71.8 Å². The van der Waals surface area contributed by atoms with Gasteiger partial charge in [-0.05, 0) is 200 Å². The van der Waals surface area contributed by atoms with E-state index in [0.29, 0.717) is 36.0 Å². The van der Waals surface area contributed by atoms with Crippen LogP contribution in [-0.4, -0.2) is 0 Å². The molecule has 0 aliphatic heterocycles. The van der Waals surface area contributed by atoms with Crippen LogP contribution in [-0.2, 0) is 57.3 Å². The fourth-order valence-corrected chi connectivity index (χ4v) is 8.84. The van der Waals surface area contributed by atoms with E-state index in [9.17, 15) is 43.9 Å². The Hall–Kier alpha value is -5.87. The SMILES string of the molecule is CC(C)CCc1ccccc1.CC(C)Cc1ccc(C(F)(F)F)cc1.CC(C)Cc1ccc(F)c(Cl)c1.CC(C)Cc1ccc(F)c(F)c1.CC(C)Cc1cccc(C(F)(F)F)c1.Cc1cc(CC(C)C)ccc1F.Cc1cccc(CC(C)C)c1. The summed E-state index contributed by atoms with van der Waals surface area (Å²) in [6, 6.07) is 44.6. The standard InChI is InChI=1S/2C11H13F3.C11H15F.2C11H16.C10H12ClF.C10H12F2/c1-8(2)7-9-3-5-10(6-4-9)11(12,13)14;1-8(2)6-9-4-3-5-10(7-9)11(12,13)14;1-8(2)6-10-4-5-11(12)9(3)7-10;1-9(2)7-11-6-4-5-10(3)8-11;1-10(2)8-9-11-6-4-3-5-7-11;1-7(2)5-8-3-4-10(12)9(11)6-8;1-7(2)5-8-3-4-9(11)10(12)6-8/h3-6,8H,7H2,1-2H3;3-5,7-8H,6H2,1-2H3;4-5,7-8H,6H2,1-3H3;4-6,8-9H,7H2,1-3H3;3-7,10H,8-9H2,1-2H3;2*3-4,6-7H,5H2,1-2H3. The molecule has 0 aromatic heterocycles. The van der Waals surface area contributed by atoms with Gasteiger partial charge in [-0.15, -0.1) is 0 Å². The fourth-order valence-electron chi connectivity index (χ4n) is 8.64. The van der Waals surface area contributed by atoms with Crippen LogP contribution < -0.4 is 0 Å². The maximum Gasteiger partial charge on any atom is 0.416 e. The highest BCUT2D eigenvalue weighted by atomic mass is 35.5. The van der Waals surface area contributed by atoms with Crippen molar-refractivity contribution in [2.45, 2.75) is 174 Å². The summed E-state index contributed by atoms with van der Waals surface area (Å²) in [5.41, 5.74) is 8.75. The summed E-state index contributed by atoms with van der Waals surface area (Å²) in [4.78, 5) is 0. The largest absolute Gasteiger partial charge is 0.416 e. The van der Waals surface area contributed by atoms with Gasteiger partial charge < -0.3 is 0 Å². The third-order valence-electron chi connectivity index (χ3n) is 12.5. The topological polar surface area (TPSA) is 0 Å². The zero-order chi connectivity index (χ0) is 65.3. The Bertz CT molecular complexity index is 2780. The fraction of sp³-hybridized carbons (Fsp3) is 0.440. The maximum absolute atomic E-state index is 12.8. The zero-order valence-electron chi connectivity index (χ0n) is 53.9. The average molecular weight is 1220 g/mol. The third kappa shape index (κ3) is 37.0. The van der Waals surface area contributed by atoms with Gasteiger partial charge in [-0.1, -0.05) is 223 Å². The number of alkyl halides is 6. The summed E-state index contributed by atoms with van der Waals surface area (Å²) in [5.74, 6) is 2.11. The van der Waals surface area contributed by atoms with E-state index in [2.05, 4.69) is 117 Å². The first-order valence-corrected chi connectivity index (χ1v) is 30.5. The molecule has 0 amide bonds. The summed E-state index contributed by atoms with van der Waals surface area (Å²) in [5, 5.41) is 0.216. The molecule has 86 heavy (non-hydrogen) atoms. The van der Waals surface area contributed by atoms with Crippen molar-refractivity contribution in [3.8, 4) is 0 Å². The minimum atomic E-state index is -4.23. The summed E-state index contributed by atoms with van der Waals surface area (Å²) < 4.78 is 124. The molecule has 0 aliphatic carbocycles. The number of benzene rings is 7. The predicted octanol–water partition coefficient (Wildman–Crippen LogP) is 24.5. The molecular formula is C75H97ClF10. The van der Waals surface area contributed by atoms with Crippen LogP contribution in [0, 0.1) is 78.5 Å². The minimum absolute atomic E-state index is 0.109. The second-order valence-corrected chi connectivity index (χ2v) is 25.4. The van der Waals surface area contributed by atoms with Gasteiger partial charge in [0.2, 0.25) is 0 Å². The lowest BCUT2D eigenvalue weighted by molar-refractivity contribution is -0.138. The van der Waals surface area contributed by atoms with Gasteiger partial charge in [-0.3, -0.25) is 0 Å². The second kappa shape index (κ2) is 40.6. The van der Waals surface area contributed by atoms with Crippen molar-refractivity contribution in [1.29, 1.82) is 0 Å². The molecule has 0 radical (unpaired) electrons. The minimum Gasteiger partial charge on any atom is -0.207 e. The second-order valence-electron chi connectivity index (χ2n) is 25.0. The van der Waals surface area contributed by atoms with Crippen LogP contribution in [0.15, 0.2) is 158 Å². The first-order chi connectivity index (χ1) is 40.0. The molecule has 11 heteroatoms. The average Bonchev–Trinajstić information content (AvgIpc) is 3.62. The van der Waals surface area contributed by atoms with Crippen LogP contribution in [0.4, 0.5) is 43.9 Å². The van der Waals surface area contributed by atoms with Crippen LogP contribution in [0.2, 0.25) is 5.02 Å². The van der Waals surface area contributed by atoms with Crippen LogP contribution in [0.3, 0.4) is 0 Å². The van der Waals surface area contributed by atoms with E-state index in [-0.39, 0.29) is 16.7 Å². The molecule has 0 bridgehead atoms. The third-order valence-corrected chi connectivity index (χ3v) is 12.8. The summed E-state index contributed by atoms with van der Waals surface area (Å²) in [6.07, 6.45) is -0.478. The van der Waals surface area contributed by atoms with Gasteiger partial charge in [0.1, 0.15) is 11.6 Å². The number of rotatable bonds is 15. The van der Waals surface area contributed by atoms with E-state index < -0.39 is 35.1 Å². The van der Waals surface area contributed by atoms with Crippen LogP contribution in [0.1, 0.15) is 165 Å². The lowest BCUT2D eigenvalue weighted by Crippen LogP contribution is -2.05. The van der Waals surface area contributed by atoms with Gasteiger partial charge >= 0.3 is 12.4 Å². The lowest BCUT2D eigenvalue weighted by atomic mass is 10.0. The highest BCUT2D eigenvalue weighted by molar-refractivity contribution is 6.30. The molecule has 0 unspecified atom stereocenters. The predicted molar refractivity (Wildman–Crippen MR) is 344 cm³/mol. The van der Waals surface area contributed by atoms with Gasteiger partial charge in [-0.25, -0.2) is 17.6 Å². The van der Waals surface area contributed by atoms with Crippen molar-refractivity contribution in [3.05, 3.63) is 247 Å². The van der Waals surface area contributed by atoms with Crippen molar-refractivity contribution in [2.75, 3.05) is 0 Å². The number of hydrogen-bond acceptors (Lipinski definition) is 0. The monoisotopic (exact) mass is 1220 g/mol. The lowest BCUT2D eigenvalue weighted by Gasteiger charge is -2.09. The van der Waals surface area contributed by atoms with Gasteiger partial charge in [0.15, 0.2) is 11.6 Å². The van der Waals surface area contributed by atoms with E-state index in [1.807, 2.05) is 53.7 Å². The Labute approximate surface area is 516 Å². The van der Waals surface area contributed by atoms with Gasteiger partial charge in [-0.2, -0.15) is 26.3 Å². The molecule has 474 valence electrons. The smallest absolute Gasteiger partial charge is 0.207 e. The Morgan fingerprint density at radius 3 is 1.09 bits per heavy atom. The number of halogens is 11. The van der Waals surface area contributed by atoms with Crippen molar-refractivity contribution in [3.63, 3.8) is 0 Å². The first-order valence-electron chi connectivity index (χ1n) is 30.1. The highest BCUT2D eigenvalue weighted by Crippen LogP contribution is 2.31. The summed E-state index contributed by atoms with van der Waals surface area (Å²) in [6.45, 7) is 33.7. The quantitative estimate of drug-likeness (QED) is 0.0898. The van der Waals surface area contributed by atoms with Gasteiger partial charge in [0.25, 0.3) is 0 Å². The Morgan fingerprint density at radius 1 is 0.314 bits per heavy atom. The Balaban J connectivity index is 0.000000503. The van der Waals surface area contributed by atoms with Gasteiger partial charge in [0, 0.05) is 0 Å². The number of aryl methyl sites for hydroxylation is 3. The van der Waals surface area contributed by atoms with Crippen LogP contribution in [0.25, 0.3) is 0 Å². The van der Waals surface area contributed by atoms with Crippen molar-refractivity contribution < 1.29 is 43.9 Å². The van der Waals surface area contributed by atoms with E-state index in [1.54, 1.807) is 49.4 Å². The van der Waals surface area contributed by atoms with Crippen molar-refractivity contribution >= 4 is 11.6 Å². The highest BCUT2D eigenvalue weighted by Gasteiger charge is 2.31. The van der Waals surface area contributed by atoms with Crippen molar-refractivity contribution in [1.82, 2.24) is 0 Å². The molecule has 0 atom stereocenters. The van der Waals surface area contributed by atoms with Crippen LogP contribution >= 0.6 is 11.6 Å². The van der Waals surface area contributed by atoms with Gasteiger partial charge in [0.05, 0.1) is 16.1 Å². The molecular weight excluding hydrogens is 1130 g/mol. The molecule has 0 nitrogen and oxygen atoms in total. The van der Waals surface area contributed by atoms with Crippen LogP contribution in [0.5, 0.6) is 0 Å². The molecule has 0 spiro atoms. The summed E-state index contributed by atoms with van der Waals surface area (Å²) in [7, 11) is 0. The van der Waals surface area contributed by atoms with E-state index in [4.69, 9.17) is 11.6 Å². The normalized spacial score (nSPS) is 11.1. The first kappa shape index (κ1) is 78.1. The Kier molecular flexibility index (Phi) is 36.9. The van der Waals surface area contributed by atoms with E-state index >= 15 is 0 Å². The molecule has 0 aliphatic rings. The number of hydrogen-bond donors (Lipinski definition) is 0. The molecule has 0 saturated carbocycles. The zero-order valence-corrected chi connectivity index (χ0v) is 54.6. The van der Waals surface area contributed by atoms with E-state index in [0.717, 1.165) is 83.5 Å². The molecule has 0 N–H and O–H groups in total. The molecule has 0 heterocycles. The molecule has 7 aromatic rings. The molecule has 0 fully saturated rings. The molecule has 0 saturated heterocycles. The molecule has 7 aromatic carbocycles. The molecule has 7 rings (SSSR count).